The summed E-state index contributed by atoms with van der Waals surface area (Å²) < 4.78 is 29.1. The number of ether oxygens (including phenoxy) is 1. The van der Waals surface area contributed by atoms with Gasteiger partial charge < -0.3 is 10.1 Å². The van der Waals surface area contributed by atoms with Crippen LogP contribution in [0.1, 0.15) is 73.1 Å². The van der Waals surface area contributed by atoms with Gasteiger partial charge in [0.05, 0.1) is 10.3 Å². The summed E-state index contributed by atoms with van der Waals surface area (Å²) in [6.45, 7) is 13.1. The fourth-order valence-corrected chi connectivity index (χ4v) is 5.94. The SMILES string of the molecule is C=C[C@H]1C[C@]1(NC(=O)OC(C)(C)C)[C@@]1(CCCCC)C[C@@]1(C)S(N)(=O)=O. The summed E-state index contributed by atoms with van der Waals surface area (Å²) in [5.74, 6) is 0.0280. The molecule has 0 heterocycles. The van der Waals surface area contributed by atoms with Crippen LogP contribution in [0.3, 0.4) is 0 Å². The lowest BCUT2D eigenvalue weighted by Gasteiger charge is -2.34. The van der Waals surface area contributed by atoms with Crippen LogP contribution in [0.4, 0.5) is 4.79 Å². The summed E-state index contributed by atoms with van der Waals surface area (Å²) in [5, 5.41) is 8.63. The van der Waals surface area contributed by atoms with Gasteiger partial charge in [-0.1, -0.05) is 32.3 Å². The Hall–Kier alpha value is -1.08. The highest BCUT2D eigenvalue weighted by atomic mass is 32.2. The Morgan fingerprint density at radius 2 is 2.00 bits per heavy atom. The van der Waals surface area contributed by atoms with Crippen LogP contribution in [-0.4, -0.2) is 30.4 Å². The van der Waals surface area contributed by atoms with Crippen LogP contribution in [0.2, 0.25) is 0 Å². The van der Waals surface area contributed by atoms with Crippen molar-refractivity contribution in [2.75, 3.05) is 0 Å². The number of carbonyl (C=O) groups excluding carboxylic acids is 1. The largest absolute Gasteiger partial charge is 0.444 e. The molecule has 0 spiro atoms. The summed E-state index contributed by atoms with van der Waals surface area (Å²) in [4.78, 5) is 12.5. The molecule has 0 aromatic rings. The molecule has 0 radical (unpaired) electrons. The number of primary sulfonamides is 1. The lowest BCUT2D eigenvalue weighted by atomic mass is 9.83. The first kappa shape index (κ1) is 21.2. The van der Waals surface area contributed by atoms with E-state index in [2.05, 4.69) is 18.8 Å². The molecule has 2 rings (SSSR count). The highest BCUT2D eigenvalue weighted by molar-refractivity contribution is 7.90. The van der Waals surface area contributed by atoms with E-state index in [0.29, 0.717) is 19.3 Å². The van der Waals surface area contributed by atoms with Crippen LogP contribution < -0.4 is 10.5 Å². The minimum atomic E-state index is -3.75. The third-order valence-electron chi connectivity index (χ3n) is 6.24. The number of nitrogens with two attached hydrogens (primary N) is 1. The standard InChI is InChI=1S/C19H34N2O4S/c1-7-9-10-11-18(13-17(18,6)26(20,23)24)19(12-14(19)8-2)21-15(22)25-16(3,4)5/h8,14H,2,7,9-13H2,1,3-6H3,(H,21,22)(H2,20,23,24)/t14-,17+,18-,19+/m0/s1. The number of amides is 1. The van der Waals surface area contributed by atoms with Crippen LogP contribution in [-0.2, 0) is 14.8 Å². The summed E-state index contributed by atoms with van der Waals surface area (Å²) in [6.07, 6.45) is 6.11. The van der Waals surface area contributed by atoms with Crippen LogP contribution >= 0.6 is 0 Å². The van der Waals surface area contributed by atoms with E-state index in [4.69, 9.17) is 9.88 Å². The topological polar surface area (TPSA) is 98.5 Å². The Labute approximate surface area is 158 Å². The number of nitrogens with one attached hydrogen (secondary N) is 1. The average Bonchev–Trinajstić information content (AvgIpc) is 3.32. The Morgan fingerprint density at radius 3 is 2.38 bits per heavy atom. The number of sulfonamides is 1. The Kier molecular flexibility index (Phi) is 5.32. The van der Waals surface area contributed by atoms with Crippen molar-refractivity contribution in [2.45, 2.75) is 89.0 Å². The smallest absolute Gasteiger partial charge is 0.408 e. The predicted molar refractivity (Wildman–Crippen MR) is 103 cm³/mol. The molecule has 3 N–H and O–H groups in total. The quantitative estimate of drug-likeness (QED) is 0.493. The molecule has 6 nitrogen and oxygen atoms in total. The summed E-state index contributed by atoms with van der Waals surface area (Å²) in [7, 11) is -3.75. The third-order valence-corrected chi connectivity index (χ3v) is 8.03. The fraction of sp³-hybridized carbons (Fsp3) is 0.842. The van der Waals surface area contributed by atoms with E-state index in [9.17, 15) is 13.2 Å². The van der Waals surface area contributed by atoms with E-state index in [1.807, 2.05) is 0 Å². The number of rotatable bonds is 8. The molecular formula is C19H34N2O4S. The van der Waals surface area contributed by atoms with E-state index >= 15 is 0 Å². The number of unbranched alkanes of at least 4 members (excludes halogenated alkanes) is 2. The van der Waals surface area contributed by atoms with Gasteiger partial charge in [-0.15, -0.1) is 6.58 Å². The molecule has 4 atom stereocenters. The normalized spacial score (nSPS) is 36.3. The Morgan fingerprint density at radius 1 is 1.38 bits per heavy atom. The van der Waals surface area contributed by atoms with Gasteiger partial charge in [-0.2, -0.15) is 0 Å². The number of hydrogen-bond donors (Lipinski definition) is 2. The lowest BCUT2D eigenvalue weighted by molar-refractivity contribution is 0.0452. The van der Waals surface area contributed by atoms with Gasteiger partial charge in [-0.05, 0) is 47.0 Å². The molecule has 26 heavy (non-hydrogen) atoms. The van der Waals surface area contributed by atoms with Crippen LogP contribution in [0, 0.1) is 11.3 Å². The zero-order chi connectivity index (χ0) is 20.0. The molecule has 0 unspecified atom stereocenters. The summed E-state index contributed by atoms with van der Waals surface area (Å²) in [5.41, 5.74) is -1.84. The molecule has 0 aliphatic heterocycles. The molecule has 2 fully saturated rings. The first-order valence-electron chi connectivity index (χ1n) is 9.45. The second-order valence-electron chi connectivity index (χ2n) is 9.14. The molecule has 150 valence electrons. The molecule has 2 saturated carbocycles. The monoisotopic (exact) mass is 386 g/mol. The average molecular weight is 387 g/mol. The van der Waals surface area contributed by atoms with E-state index in [1.54, 1.807) is 33.8 Å². The Bertz CT molecular complexity index is 684. The minimum absolute atomic E-state index is 0.0280. The fourth-order valence-electron chi connectivity index (χ4n) is 4.66. The Balaban J connectivity index is 2.35. The lowest BCUT2D eigenvalue weighted by Crippen LogP contribution is -2.52. The molecule has 0 bridgehead atoms. The zero-order valence-corrected chi connectivity index (χ0v) is 17.5. The highest BCUT2D eigenvalue weighted by Gasteiger charge is 2.84. The number of alkyl carbamates (subject to hydrolysis) is 1. The molecule has 1 amide bonds. The van der Waals surface area contributed by atoms with Gasteiger partial charge in [0.15, 0.2) is 0 Å². The first-order valence-corrected chi connectivity index (χ1v) is 11.0. The van der Waals surface area contributed by atoms with Gasteiger partial charge in [0.2, 0.25) is 10.0 Å². The van der Waals surface area contributed by atoms with Crippen molar-refractivity contribution in [1.82, 2.24) is 5.32 Å². The van der Waals surface area contributed by atoms with Gasteiger partial charge in [-0.3, -0.25) is 0 Å². The van der Waals surface area contributed by atoms with Crippen molar-refractivity contribution in [3.8, 4) is 0 Å². The summed E-state index contributed by atoms with van der Waals surface area (Å²) in [6, 6.07) is 0. The number of carbonyl (C=O) groups is 1. The minimum Gasteiger partial charge on any atom is -0.444 e. The van der Waals surface area contributed by atoms with E-state index in [0.717, 1.165) is 19.3 Å². The third kappa shape index (κ3) is 3.40. The van der Waals surface area contributed by atoms with Crippen molar-refractivity contribution in [1.29, 1.82) is 0 Å². The maximum absolute atomic E-state index is 12.5. The molecular weight excluding hydrogens is 352 g/mol. The molecule has 0 saturated heterocycles. The van der Waals surface area contributed by atoms with Gasteiger partial charge in [0.25, 0.3) is 0 Å². The molecule has 2 aliphatic carbocycles. The zero-order valence-electron chi connectivity index (χ0n) is 16.7. The summed E-state index contributed by atoms with van der Waals surface area (Å²) >= 11 is 0. The second-order valence-corrected chi connectivity index (χ2v) is 11.1. The first-order chi connectivity index (χ1) is 11.8. The predicted octanol–water partition coefficient (Wildman–Crippen LogP) is 3.47. The highest BCUT2D eigenvalue weighted by Crippen LogP contribution is 2.76. The van der Waals surface area contributed by atoms with Crippen molar-refractivity contribution < 1.29 is 17.9 Å². The van der Waals surface area contributed by atoms with Gasteiger partial charge in [0.1, 0.15) is 5.60 Å². The molecule has 2 aliphatic rings. The van der Waals surface area contributed by atoms with Crippen LogP contribution in [0.25, 0.3) is 0 Å². The van der Waals surface area contributed by atoms with Crippen molar-refractivity contribution in [3.05, 3.63) is 12.7 Å². The van der Waals surface area contributed by atoms with Crippen molar-refractivity contribution in [2.24, 2.45) is 16.5 Å². The maximum atomic E-state index is 12.5. The number of hydrogen-bond acceptors (Lipinski definition) is 4. The van der Waals surface area contributed by atoms with E-state index in [-0.39, 0.29) is 5.92 Å². The van der Waals surface area contributed by atoms with Gasteiger partial charge >= 0.3 is 6.09 Å². The van der Waals surface area contributed by atoms with Gasteiger partial charge in [-0.25, -0.2) is 18.4 Å². The maximum Gasteiger partial charge on any atom is 0.408 e. The second kappa shape index (κ2) is 6.51. The van der Waals surface area contributed by atoms with Crippen molar-refractivity contribution in [3.63, 3.8) is 0 Å². The van der Waals surface area contributed by atoms with E-state index in [1.165, 1.54) is 0 Å². The molecule has 7 heteroatoms. The molecule has 0 aromatic carbocycles. The molecule has 0 aromatic heterocycles. The van der Waals surface area contributed by atoms with E-state index < -0.39 is 37.4 Å². The van der Waals surface area contributed by atoms with Crippen LogP contribution in [0.5, 0.6) is 0 Å². The van der Waals surface area contributed by atoms with Crippen molar-refractivity contribution >= 4 is 16.1 Å². The van der Waals surface area contributed by atoms with Crippen LogP contribution in [0.15, 0.2) is 12.7 Å². The van der Waals surface area contributed by atoms with Gasteiger partial charge in [0, 0.05) is 11.3 Å².